The molecule has 4 rings (SSSR count). The van der Waals surface area contributed by atoms with Gasteiger partial charge in [-0.1, -0.05) is 6.07 Å². The van der Waals surface area contributed by atoms with E-state index in [0.29, 0.717) is 11.3 Å². The highest BCUT2D eigenvalue weighted by Crippen LogP contribution is 2.38. The molecule has 30 heavy (non-hydrogen) atoms. The van der Waals surface area contributed by atoms with Crippen molar-refractivity contribution in [3.63, 3.8) is 0 Å². The third kappa shape index (κ3) is 3.59. The average molecular weight is 413 g/mol. The molecule has 2 atom stereocenters. The Morgan fingerprint density at radius 3 is 2.40 bits per heavy atom. The first kappa shape index (κ1) is 19.8. The minimum absolute atomic E-state index is 0.104. The van der Waals surface area contributed by atoms with Crippen LogP contribution in [0.25, 0.3) is 11.3 Å². The Hall–Kier alpha value is -3.46. The van der Waals surface area contributed by atoms with Gasteiger partial charge in [0.1, 0.15) is 35.7 Å². The lowest BCUT2D eigenvalue weighted by Gasteiger charge is -2.35. The van der Waals surface area contributed by atoms with Crippen molar-refractivity contribution >= 4 is 0 Å². The van der Waals surface area contributed by atoms with E-state index < -0.39 is 23.3 Å². The van der Waals surface area contributed by atoms with Crippen molar-refractivity contribution < 1.29 is 18.3 Å². The van der Waals surface area contributed by atoms with Crippen molar-refractivity contribution in [2.75, 3.05) is 0 Å². The predicted octanol–water partition coefficient (Wildman–Crippen LogP) is 3.71. The van der Waals surface area contributed by atoms with Gasteiger partial charge in [-0.15, -0.1) is 0 Å². The molecule has 0 aliphatic rings. The van der Waals surface area contributed by atoms with Crippen molar-refractivity contribution in [2.45, 2.75) is 25.1 Å². The smallest absolute Gasteiger partial charge is 0.137 e. The van der Waals surface area contributed by atoms with Crippen LogP contribution in [0.1, 0.15) is 18.5 Å². The molecule has 0 aliphatic carbocycles. The molecule has 0 aliphatic heterocycles. The zero-order valence-electron chi connectivity index (χ0n) is 16.0. The molecule has 0 bridgehead atoms. The van der Waals surface area contributed by atoms with Crippen LogP contribution in [0.15, 0.2) is 67.4 Å². The summed E-state index contributed by atoms with van der Waals surface area (Å²) in [6.07, 6.45) is 4.22. The Bertz CT molecular complexity index is 1140. The molecule has 6 nitrogen and oxygen atoms in total. The molecule has 0 spiro atoms. The topological polar surface area (TPSA) is 68.8 Å². The maximum absolute atomic E-state index is 14.7. The first-order valence-electron chi connectivity index (χ1n) is 9.18. The normalized spacial score (nSPS) is 14.4. The Morgan fingerprint density at radius 2 is 1.73 bits per heavy atom. The van der Waals surface area contributed by atoms with Crippen LogP contribution in [0.3, 0.4) is 0 Å². The van der Waals surface area contributed by atoms with Gasteiger partial charge in [0, 0.05) is 23.4 Å². The monoisotopic (exact) mass is 413 g/mol. The molecule has 0 fully saturated rings. The van der Waals surface area contributed by atoms with E-state index >= 15 is 0 Å². The van der Waals surface area contributed by atoms with Gasteiger partial charge in [0.25, 0.3) is 0 Å². The van der Waals surface area contributed by atoms with Crippen LogP contribution in [0.2, 0.25) is 0 Å². The lowest BCUT2D eigenvalue weighted by Crippen LogP contribution is -2.41. The molecule has 1 N–H and O–H groups in total. The maximum atomic E-state index is 14.7. The molecule has 4 aromatic rings. The minimum Gasteiger partial charge on any atom is -0.381 e. The summed E-state index contributed by atoms with van der Waals surface area (Å²) in [4.78, 5) is 3.86. The molecule has 0 unspecified atom stereocenters. The molecular weight excluding hydrogens is 395 g/mol. The number of aliphatic hydroxyl groups is 1. The first-order chi connectivity index (χ1) is 14.4. The number of halogens is 3. The molecule has 154 valence electrons. The Balaban J connectivity index is 1.82. The molecule has 2 heterocycles. The molecule has 0 amide bonds. The molecule has 0 saturated heterocycles. The van der Waals surface area contributed by atoms with Crippen LogP contribution >= 0.6 is 0 Å². The van der Waals surface area contributed by atoms with Crippen LogP contribution in [-0.4, -0.2) is 29.7 Å². The van der Waals surface area contributed by atoms with E-state index in [2.05, 4.69) is 15.2 Å². The number of benzene rings is 2. The lowest BCUT2D eigenvalue weighted by molar-refractivity contribution is -0.0363. The first-order valence-corrected chi connectivity index (χ1v) is 9.18. The molecular formula is C21H18F3N5O. The number of hydrogen-bond donors (Lipinski definition) is 1. The van der Waals surface area contributed by atoms with E-state index in [1.54, 1.807) is 25.1 Å². The highest BCUT2D eigenvalue weighted by Gasteiger charge is 2.41. The second-order valence-electron chi connectivity index (χ2n) is 6.99. The summed E-state index contributed by atoms with van der Waals surface area (Å²) in [6.45, 7) is 1.51. The lowest BCUT2D eigenvalue weighted by atomic mass is 9.86. The predicted molar refractivity (Wildman–Crippen MR) is 103 cm³/mol. The summed E-state index contributed by atoms with van der Waals surface area (Å²) in [5, 5.41) is 20.0. The Labute approximate surface area is 170 Å². The second-order valence-corrected chi connectivity index (χ2v) is 6.99. The van der Waals surface area contributed by atoms with Gasteiger partial charge in [-0.3, -0.25) is 4.68 Å². The van der Waals surface area contributed by atoms with E-state index in [-0.39, 0.29) is 17.9 Å². The summed E-state index contributed by atoms with van der Waals surface area (Å²) in [5.41, 5.74) is -0.690. The van der Waals surface area contributed by atoms with Gasteiger partial charge in [0.2, 0.25) is 0 Å². The van der Waals surface area contributed by atoms with Crippen LogP contribution in [0, 0.1) is 17.5 Å². The fourth-order valence-corrected chi connectivity index (χ4v) is 3.52. The largest absolute Gasteiger partial charge is 0.381 e. The fourth-order valence-electron chi connectivity index (χ4n) is 3.52. The van der Waals surface area contributed by atoms with Gasteiger partial charge in [0.05, 0.1) is 18.3 Å². The van der Waals surface area contributed by atoms with E-state index in [4.69, 9.17) is 0 Å². The van der Waals surface area contributed by atoms with E-state index in [1.165, 1.54) is 46.4 Å². The van der Waals surface area contributed by atoms with Crippen molar-refractivity contribution in [2.24, 2.45) is 0 Å². The third-order valence-electron chi connectivity index (χ3n) is 5.14. The van der Waals surface area contributed by atoms with Gasteiger partial charge in [-0.05, 0) is 43.3 Å². The summed E-state index contributed by atoms with van der Waals surface area (Å²) in [7, 11) is 0. The zero-order valence-corrected chi connectivity index (χ0v) is 16.0. The van der Waals surface area contributed by atoms with Crippen molar-refractivity contribution in [1.29, 1.82) is 0 Å². The van der Waals surface area contributed by atoms with E-state index in [1.807, 2.05) is 0 Å². The van der Waals surface area contributed by atoms with Crippen molar-refractivity contribution in [3.05, 3.63) is 90.4 Å². The minimum atomic E-state index is -1.85. The van der Waals surface area contributed by atoms with Crippen LogP contribution in [0.5, 0.6) is 0 Å². The van der Waals surface area contributed by atoms with Crippen LogP contribution in [0.4, 0.5) is 13.2 Å². The van der Waals surface area contributed by atoms with E-state index in [9.17, 15) is 18.3 Å². The average Bonchev–Trinajstić information content (AvgIpc) is 3.39. The summed E-state index contributed by atoms with van der Waals surface area (Å²) < 4.78 is 44.5. The van der Waals surface area contributed by atoms with Gasteiger partial charge in [-0.2, -0.15) is 10.2 Å². The van der Waals surface area contributed by atoms with Gasteiger partial charge in [-0.25, -0.2) is 22.8 Å². The standard InChI is InChI=1S/C21H18F3N5O/c1-14(29-20(8-9-26-29)15-2-4-16(22)5-3-15)21(30,11-28-13-25-12-27-28)18-7-6-17(23)10-19(18)24/h2-10,12-14,30H,11H2,1H3/t14-,21-/m1/s1. The Kier molecular flexibility index (Phi) is 5.13. The molecule has 0 saturated carbocycles. The summed E-state index contributed by atoms with van der Waals surface area (Å²) >= 11 is 0. The molecule has 2 aromatic carbocycles. The highest BCUT2D eigenvalue weighted by atomic mass is 19.1. The fraction of sp³-hybridized carbons (Fsp3) is 0.190. The van der Waals surface area contributed by atoms with Crippen LogP contribution in [-0.2, 0) is 12.1 Å². The number of aromatic nitrogens is 5. The number of rotatable bonds is 6. The van der Waals surface area contributed by atoms with Crippen molar-refractivity contribution in [3.8, 4) is 11.3 Å². The SMILES string of the molecule is C[C@@H](n1nccc1-c1ccc(F)cc1)[C@](O)(Cn1cncn1)c1ccc(F)cc1F. The van der Waals surface area contributed by atoms with Gasteiger partial charge < -0.3 is 5.11 Å². The number of nitrogens with zero attached hydrogens (tertiary/aromatic N) is 5. The molecule has 9 heteroatoms. The maximum Gasteiger partial charge on any atom is 0.137 e. The molecule has 2 aromatic heterocycles. The van der Waals surface area contributed by atoms with E-state index in [0.717, 1.165) is 12.1 Å². The van der Waals surface area contributed by atoms with Gasteiger partial charge >= 0.3 is 0 Å². The molecule has 0 radical (unpaired) electrons. The number of hydrogen-bond acceptors (Lipinski definition) is 4. The highest BCUT2D eigenvalue weighted by molar-refractivity contribution is 5.59. The van der Waals surface area contributed by atoms with Gasteiger partial charge in [0.15, 0.2) is 0 Å². The second kappa shape index (κ2) is 7.75. The van der Waals surface area contributed by atoms with Crippen LogP contribution < -0.4 is 0 Å². The summed E-state index contributed by atoms with van der Waals surface area (Å²) in [5.74, 6) is -2.02. The zero-order chi connectivity index (χ0) is 21.3. The summed E-state index contributed by atoms with van der Waals surface area (Å²) in [6, 6.07) is 9.72. The quantitative estimate of drug-likeness (QED) is 0.523. The van der Waals surface area contributed by atoms with Crippen molar-refractivity contribution in [1.82, 2.24) is 24.5 Å². The Morgan fingerprint density at radius 1 is 1.00 bits per heavy atom. The third-order valence-corrected chi connectivity index (χ3v) is 5.14.